The monoisotopic (exact) mass is 276 g/mol. The van der Waals surface area contributed by atoms with Gasteiger partial charge in [0.1, 0.15) is 5.69 Å². The van der Waals surface area contributed by atoms with Gasteiger partial charge in [0.2, 0.25) is 5.78 Å². The third-order valence-corrected chi connectivity index (χ3v) is 3.35. The normalized spacial score (nSPS) is 10.7. The van der Waals surface area contributed by atoms with E-state index in [4.69, 9.17) is 11.6 Å². The maximum Gasteiger partial charge on any atom is 0.212 e. The van der Waals surface area contributed by atoms with Gasteiger partial charge in [0.15, 0.2) is 0 Å². The Morgan fingerprint density at radius 1 is 1.26 bits per heavy atom. The number of aryl methyl sites for hydroxylation is 2. The number of carbonyl (C=O) groups is 1. The molecule has 100 valence electrons. The molecule has 4 heteroatoms. The molecule has 0 amide bonds. The smallest absolute Gasteiger partial charge is 0.212 e. The second-order valence-electron chi connectivity index (χ2n) is 4.44. The molecule has 0 aliphatic carbocycles. The Labute approximate surface area is 118 Å². The summed E-state index contributed by atoms with van der Waals surface area (Å²) in [6.45, 7) is 4.82. The van der Waals surface area contributed by atoms with E-state index >= 15 is 0 Å². The molecular weight excluding hydrogens is 260 g/mol. The summed E-state index contributed by atoms with van der Waals surface area (Å²) in [5, 5.41) is 4.56. The van der Waals surface area contributed by atoms with E-state index in [0.29, 0.717) is 22.8 Å². The van der Waals surface area contributed by atoms with E-state index in [0.717, 1.165) is 12.8 Å². The maximum atomic E-state index is 12.5. The number of hydrogen-bond donors (Lipinski definition) is 0. The third kappa shape index (κ3) is 2.87. The van der Waals surface area contributed by atoms with Crippen LogP contribution in [0.25, 0.3) is 0 Å². The van der Waals surface area contributed by atoms with Crippen LogP contribution in [0.1, 0.15) is 41.9 Å². The zero-order valence-corrected chi connectivity index (χ0v) is 11.9. The minimum absolute atomic E-state index is 0.0707. The maximum absolute atomic E-state index is 12.5. The van der Waals surface area contributed by atoms with Crippen LogP contribution in [0, 0.1) is 0 Å². The first kappa shape index (κ1) is 13.8. The number of rotatable bonds is 5. The lowest BCUT2D eigenvalue weighted by Crippen LogP contribution is -2.12. The predicted molar refractivity (Wildman–Crippen MR) is 76.8 cm³/mol. The average molecular weight is 277 g/mol. The van der Waals surface area contributed by atoms with Crippen molar-refractivity contribution >= 4 is 17.4 Å². The fourth-order valence-electron chi connectivity index (χ4n) is 2.00. The highest BCUT2D eigenvalue weighted by atomic mass is 35.5. The molecule has 1 heterocycles. The van der Waals surface area contributed by atoms with E-state index in [1.165, 1.54) is 11.8 Å². The van der Waals surface area contributed by atoms with Crippen molar-refractivity contribution in [3.63, 3.8) is 0 Å². The molecule has 0 aliphatic rings. The van der Waals surface area contributed by atoms with Gasteiger partial charge in [0.25, 0.3) is 0 Å². The predicted octanol–water partition coefficient (Wildman–Crippen LogP) is 3.74. The second kappa shape index (κ2) is 6.02. The number of aromatic nitrogens is 2. The molecule has 19 heavy (non-hydrogen) atoms. The van der Waals surface area contributed by atoms with Gasteiger partial charge in [0.05, 0.1) is 11.2 Å². The Morgan fingerprint density at radius 2 is 1.95 bits per heavy atom. The van der Waals surface area contributed by atoms with Crippen LogP contribution < -0.4 is 0 Å². The van der Waals surface area contributed by atoms with Crippen LogP contribution in [0.3, 0.4) is 0 Å². The molecule has 0 saturated carbocycles. The van der Waals surface area contributed by atoms with E-state index in [1.54, 1.807) is 4.68 Å². The number of carbonyl (C=O) groups excluding carboxylic acids is 1. The van der Waals surface area contributed by atoms with Crippen molar-refractivity contribution < 1.29 is 4.79 Å². The molecule has 2 rings (SSSR count). The Morgan fingerprint density at radius 3 is 2.53 bits per heavy atom. The molecule has 0 spiro atoms. The molecule has 0 atom stereocenters. The van der Waals surface area contributed by atoms with Gasteiger partial charge in [-0.3, -0.25) is 9.48 Å². The van der Waals surface area contributed by atoms with Gasteiger partial charge in [-0.15, -0.1) is 0 Å². The van der Waals surface area contributed by atoms with Crippen LogP contribution >= 0.6 is 11.6 Å². The Bertz CT molecular complexity index is 572. The van der Waals surface area contributed by atoms with Gasteiger partial charge in [-0.25, -0.2) is 0 Å². The molecule has 0 aliphatic heterocycles. The van der Waals surface area contributed by atoms with Crippen molar-refractivity contribution in [1.82, 2.24) is 9.78 Å². The molecule has 0 N–H and O–H groups in total. The molecule has 1 aromatic heterocycles. The standard InChI is InChI=1S/C15H17ClN2O/c1-3-9-18-14(13(16)10-17-18)15(19)12-7-5-11(4-2)6-8-12/h5-8,10H,3-4,9H2,1-2H3. The molecule has 2 aromatic rings. The summed E-state index contributed by atoms with van der Waals surface area (Å²) in [5.74, 6) is -0.0707. The van der Waals surface area contributed by atoms with E-state index < -0.39 is 0 Å². The van der Waals surface area contributed by atoms with Crippen LogP contribution in [-0.2, 0) is 13.0 Å². The highest BCUT2D eigenvalue weighted by Gasteiger charge is 2.18. The van der Waals surface area contributed by atoms with Crippen LogP contribution in [-0.4, -0.2) is 15.6 Å². The highest BCUT2D eigenvalue weighted by molar-refractivity contribution is 6.34. The minimum Gasteiger partial charge on any atom is -0.287 e. The lowest BCUT2D eigenvalue weighted by Gasteiger charge is -2.06. The molecule has 1 aromatic carbocycles. The van der Waals surface area contributed by atoms with Gasteiger partial charge in [0, 0.05) is 12.1 Å². The van der Waals surface area contributed by atoms with Gasteiger partial charge in [-0.2, -0.15) is 5.10 Å². The van der Waals surface area contributed by atoms with Crippen molar-refractivity contribution in [3.05, 3.63) is 52.3 Å². The fraction of sp³-hybridized carbons (Fsp3) is 0.333. The quantitative estimate of drug-likeness (QED) is 0.780. The van der Waals surface area contributed by atoms with E-state index in [1.807, 2.05) is 31.2 Å². The number of hydrogen-bond acceptors (Lipinski definition) is 2. The molecule has 0 unspecified atom stereocenters. The largest absolute Gasteiger partial charge is 0.287 e. The zero-order chi connectivity index (χ0) is 13.8. The van der Waals surface area contributed by atoms with Crippen LogP contribution in [0.5, 0.6) is 0 Å². The van der Waals surface area contributed by atoms with E-state index in [2.05, 4.69) is 12.0 Å². The Balaban J connectivity index is 2.34. The summed E-state index contributed by atoms with van der Waals surface area (Å²) in [6, 6.07) is 7.64. The van der Waals surface area contributed by atoms with Gasteiger partial charge < -0.3 is 0 Å². The second-order valence-corrected chi connectivity index (χ2v) is 4.85. The van der Waals surface area contributed by atoms with E-state index in [-0.39, 0.29) is 5.78 Å². The van der Waals surface area contributed by atoms with Crippen molar-refractivity contribution in [2.24, 2.45) is 0 Å². The molecule has 0 bridgehead atoms. The SMILES string of the molecule is CCCn1ncc(Cl)c1C(=O)c1ccc(CC)cc1. The third-order valence-electron chi connectivity index (χ3n) is 3.07. The summed E-state index contributed by atoms with van der Waals surface area (Å²) in [6.07, 6.45) is 3.40. The lowest BCUT2D eigenvalue weighted by atomic mass is 10.0. The topological polar surface area (TPSA) is 34.9 Å². The fourth-order valence-corrected chi connectivity index (χ4v) is 2.23. The number of halogens is 1. The molecule has 0 radical (unpaired) electrons. The lowest BCUT2D eigenvalue weighted by molar-refractivity contribution is 0.102. The zero-order valence-electron chi connectivity index (χ0n) is 11.2. The summed E-state index contributed by atoms with van der Waals surface area (Å²) < 4.78 is 1.68. The van der Waals surface area contributed by atoms with Crippen LogP contribution in [0.2, 0.25) is 5.02 Å². The van der Waals surface area contributed by atoms with E-state index in [9.17, 15) is 4.79 Å². The van der Waals surface area contributed by atoms with Gasteiger partial charge in [-0.05, 0) is 18.4 Å². The number of benzene rings is 1. The van der Waals surface area contributed by atoms with Crippen LogP contribution in [0.15, 0.2) is 30.5 Å². The highest BCUT2D eigenvalue weighted by Crippen LogP contribution is 2.20. The van der Waals surface area contributed by atoms with Gasteiger partial charge in [-0.1, -0.05) is 49.7 Å². The summed E-state index contributed by atoms with van der Waals surface area (Å²) in [7, 11) is 0. The first-order valence-corrected chi connectivity index (χ1v) is 6.90. The summed E-state index contributed by atoms with van der Waals surface area (Å²) in [4.78, 5) is 12.5. The molecule has 0 fully saturated rings. The Hall–Kier alpha value is -1.61. The van der Waals surface area contributed by atoms with Crippen molar-refractivity contribution in [2.45, 2.75) is 33.2 Å². The number of ketones is 1. The first-order chi connectivity index (χ1) is 9.17. The minimum atomic E-state index is -0.0707. The molecular formula is C15H17ClN2O. The average Bonchev–Trinajstić information content (AvgIpc) is 2.80. The van der Waals surface area contributed by atoms with Gasteiger partial charge >= 0.3 is 0 Å². The molecule has 3 nitrogen and oxygen atoms in total. The van der Waals surface area contributed by atoms with Crippen LogP contribution in [0.4, 0.5) is 0 Å². The summed E-state index contributed by atoms with van der Waals surface area (Å²) in [5.41, 5.74) is 2.34. The van der Waals surface area contributed by atoms with Crippen molar-refractivity contribution in [2.75, 3.05) is 0 Å². The Kier molecular flexibility index (Phi) is 4.38. The van der Waals surface area contributed by atoms with Crippen molar-refractivity contribution in [3.8, 4) is 0 Å². The van der Waals surface area contributed by atoms with Crippen molar-refractivity contribution in [1.29, 1.82) is 0 Å². The summed E-state index contributed by atoms with van der Waals surface area (Å²) >= 11 is 6.08. The molecule has 0 saturated heterocycles. The number of nitrogens with zero attached hydrogens (tertiary/aromatic N) is 2. The first-order valence-electron chi connectivity index (χ1n) is 6.52.